The molecule has 0 fully saturated rings. The van der Waals surface area contributed by atoms with Gasteiger partial charge in [0.1, 0.15) is 0 Å². The van der Waals surface area contributed by atoms with Crippen LogP contribution < -0.4 is 10.6 Å². The average Bonchev–Trinajstić information content (AvgIpc) is 2.16. The fraction of sp³-hybridized carbons (Fsp3) is 0.444. The van der Waals surface area contributed by atoms with Crippen molar-refractivity contribution in [1.29, 1.82) is 0 Å². The summed E-state index contributed by atoms with van der Waals surface area (Å²) < 4.78 is 25.3. The summed E-state index contributed by atoms with van der Waals surface area (Å²) in [5, 5.41) is 8.79. The van der Waals surface area contributed by atoms with Gasteiger partial charge >= 0.3 is 0 Å². The molecule has 0 aliphatic rings. The third kappa shape index (κ3) is 3.57. The highest BCUT2D eigenvalue weighted by Gasteiger charge is 2.15. The summed E-state index contributed by atoms with van der Waals surface area (Å²) in [5.41, 5.74) is 5.96. The molecule has 7 heteroatoms. The molecule has 0 saturated heterocycles. The third-order valence-electron chi connectivity index (χ3n) is 1.89. The first-order chi connectivity index (χ1) is 7.54. The van der Waals surface area contributed by atoms with Gasteiger partial charge in [-0.05, 0) is 22.0 Å². The van der Waals surface area contributed by atoms with Gasteiger partial charge < -0.3 is 15.7 Å². The number of alkyl halides is 2. The molecule has 0 spiro atoms. The first kappa shape index (κ1) is 13.1. The van der Waals surface area contributed by atoms with Crippen LogP contribution in [0, 0.1) is 0 Å². The Kier molecular flexibility index (Phi) is 4.88. The molecule has 0 aliphatic carbocycles. The lowest BCUT2D eigenvalue weighted by atomic mass is 10.3. The van der Waals surface area contributed by atoms with Gasteiger partial charge in [0.05, 0.1) is 18.8 Å². The molecule has 1 aromatic heterocycles. The smallest absolute Gasteiger partial charge is 0.255 e. The van der Waals surface area contributed by atoms with Crippen LogP contribution in [0.3, 0.4) is 0 Å². The minimum Gasteiger partial charge on any atom is -0.396 e. The van der Waals surface area contributed by atoms with Crippen LogP contribution in [0.25, 0.3) is 0 Å². The molecule has 0 unspecified atom stereocenters. The van der Waals surface area contributed by atoms with E-state index in [0.717, 1.165) is 0 Å². The Morgan fingerprint density at radius 3 is 2.75 bits per heavy atom. The lowest BCUT2D eigenvalue weighted by Crippen LogP contribution is -2.32. The van der Waals surface area contributed by atoms with Gasteiger partial charge in [-0.2, -0.15) is 0 Å². The molecule has 0 saturated carbocycles. The van der Waals surface area contributed by atoms with Crippen molar-refractivity contribution < 1.29 is 13.9 Å². The van der Waals surface area contributed by atoms with Gasteiger partial charge in [0, 0.05) is 17.2 Å². The van der Waals surface area contributed by atoms with Crippen molar-refractivity contribution in [2.75, 3.05) is 30.3 Å². The molecule has 0 aromatic carbocycles. The second-order valence-electron chi connectivity index (χ2n) is 3.13. The Balaban J connectivity index is 2.91. The number of aliphatic hydroxyl groups is 1. The number of nitrogens with two attached hydrogens (primary N) is 1. The molecule has 0 amide bonds. The van der Waals surface area contributed by atoms with E-state index >= 15 is 0 Å². The number of aliphatic hydroxyl groups excluding tert-OH is 1. The first-order valence-corrected chi connectivity index (χ1v) is 5.39. The van der Waals surface area contributed by atoms with Crippen LogP contribution in [0.4, 0.5) is 20.3 Å². The minimum absolute atomic E-state index is 0.0726. The normalized spacial score (nSPS) is 10.8. The maximum absolute atomic E-state index is 12.3. The highest BCUT2D eigenvalue weighted by atomic mass is 79.9. The molecule has 0 bridgehead atoms. The molecule has 0 aliphatic heterocycles. The number of nitrogens with zero attached hydrogens (tertiary/aromatic N) is 2. The number of nitrogen functional groups attached to an aromatic ring is 1. The maximum atomic E-state index is 12.3. The highest BCUT2D eigenvalue weighted by Crippen LogP contribution is 2.23. The van der Waals surface area contributed by atoms with Crippen molar-refractivity contribution in [3.63, 3.8) is 0 Å². The lowest BCUT2D eigenvalue weighted by Gasteiger charge is -2.23. The van der Waals surface area contributed by atoms with Gasteiger partial charge in [-0.15, -0.1) is 0 Å². The van der Waals surface area contributed by atoms with E-state index in [1.54, 1.807) is 6.07 Å². The van der Waals surface area contributed by atoms with E-state index in [2.05, 4.69) is 20.9 Å². The number of rotatable bonds is 5. The van der Waals surface area contributed by atoms with E-state index in [0.29, 0.717) is 10.2 Å². The molecule has 0 radical (unpaired) electrons. The van der Waals surface area contributed by atoms with Crippen LogP contribution >= 0.6 is 15.9 Å². The van der Waals surface area contributed by atoms with Gasteiger partial charge in [0.25, 0.3) is 6.43 Å². The van der Waals surface area contributed by atoms with Gasteiger partial charge in [-0.1, -0.05) is 0 Å². The van der Waals surface area contributed by atoms with Crippen LogP contribution in [0.1, 0.15) is 0 Å². The number of pyridine rings is 1. The number of hydrogen-bond donors (Lipinski definition) is 2. The summed E-state index contributed by atoms with van der Waals surface area (Å²) in [7, 11) is 0. The first-order valence-electron chi connectivity index (χ1n) is 4.59. The van der Waals surface area contributed by atoms with Crippen LogP contribution in [0.2, 0.25) is 0 Å². The van der Waals surface area contributed by atoms with Gasteiger partial charge in [0.15, 0.2) is 5.82 Å². The van der Waals surface area contributed by atoms with Gasteiger partial charge in [-0.25, -0.2) is 13.8 Å². The van der Waals surface area contributed by atoms with Crippen LogP contribution in [0.15, 0.2) is 16.7 Å². The van der Waals surface area contributed by atoms with Crippen molar-refractivity contribution in [3.8, 4) is 0 Å². The Labute approximate surface area is 100 Å². The van der Waals surface area contributed by atoms with Gasteiger partial charge in [0.2, 0.25) is 0 Å². The molecule has 0 atom stereocenters. The van der Waals surface area contributed by atoms with Crippen LogP contribution in [-0.4, -0.2) is 36.2 Å². The second kappa shape index (κ2) is 5.95. The molecule has 4 nitrogen and oxygen atoms in total. The molecule has 90 valence electrons. The molecule has 1 rings (SSSR count). The molecule has 1 heterocycles. The highest BCUT2D eigenvalue weighted by molar-refractivity contribution is 9.10. The molecular weight excluding hydrogens is 284 g/mol. The predicted molar refractivity (Wildman–Crippen MR) is 61.7 cm³/mol. The number of halogens is 3. The molecule has 3 N–H and O–H groups in total. The van der Waals surface area contributed by atoms with E-state index in [1.165, 1.54) is 11.1 Å². The summed E-state index contributed by atoms with van der Waals surface area (Å²) >= 11 is 3.18. The Morgan fingerprint density at radius 2 is 2.25 bits per heavy atom. The van der Waals surface area contributed by atoms with E-state index in [9.17, 15) is 8.78 Å². The Bertz CT molecular complexity index is 352. The zero-order chi connectivity index (χ0) is 12.1. The topological polar surface area (TPSA) is 62.4 Å². The lowest BCUT2D eigenvalue weighted by molar-refractivity contribution is 0.152. The standard InChI is InChI=1S/C9H12BrF2N3O/c10-6-3-7(13)9(14-4-6)15(1-2-16)5-8(11)12/h3-4,8,16H,1-2,5,13H2. The van der Waals surface area contributed by atoms with E-state index in [4.69, 9.17) is 10.8 Å². The quantitative estimate of drug-likeness (QED) is 0.864. The fourth-order valence-corrected chi connectivity index (χ4v) is 1.63. The summed E-state index contributed by atoms with van der Waals surface area (Å²) in [6.45, 7) is -0.660. The number of hydrogen-bond acceptors (Lipinski definition) is 4. The Hall–Kier alpha value is -0.950. The zero-order valence-corrected chi connectivity index (χ0v) is 9.99. The summed E-state index contributed by atoms with van der Waals surface area (Å²) in [6.07, 6.45) is -1.03. The van der Waals surface area contributed by atoms with Crippen molar-refractivity contribution in [3.05, 3.63) is 16.7 Å². The molecular formula is C9H12BrF2N3O. The molecule has 16 heavy (non-hydrogen) atoms. The van der Waals surface area contributed by atoms with E-state index in [-0.39, 0.29) is 19.0 Å². The van der Waals surface area contributed by atoms with Crippen molar-refractivity contribution >= 4 is 27.4 Å². The summed E-state index contributed by atoms with van der Waals surface area (Å²) in [6, 6.07) is 1.58. The minimum atomic E-state index is -2.50. The SMILES string of the molecule is Nc1cc(Br)cnc1N(CCO)CC(F)F. The van der Waals surface area contributed by atoms with E-state index < -0.39 is 13.0 Å². The second-order valence-corrected chi connectivity index (χ2v) is 4.04. The largest absolute Gasteiger partial charge is 0.396 e. The van der Waals surface area contributed by atoms with Gasteiger partial charge in [-0.3, -0.25) is 0 Å². The molecule has 1 aromatic rings. The van der Waals surface area contributed by atoms with E-state index in [1.807, 2.05) is 0 Å². The third-order valence-corrected chi connectivity index (χ3v) is 2.32. The number of anilines is 2. The number of aromatic nitrogens is 1. The van der Waals surface area contributed by atoms with Crippen LogP contribution in [-0.2, 0) is 0 Å². The summed E-state index contributed by atoms with van der Waals surface area (Å²) in [5.74, 6) is 0.262. The van der Waals surface area contributed by atoms with Crippen molar-refractivity contribution in [2.24, 2.45) is 0 Å². The van der Waals surface area contributed by atoms with Crippen molar-refractivity contribution in [2.45, 2.75) is 6.43 Å². The predicted octanol–water partition coefficient (Wildman–Crippen LogP) is 1.49. The fourth-order valence-electron chi connectivity index (χ4n) is 1.28. The van der Waals surface area contributed by atoms with Crippen molar-refractivity contribution in [1.82, 2.24) is 4.98 Å². The monoisotopic (exact) mass is 295 g/mol. The Morgan fingerprint density at radius 1 is 1.56 bits per heavy atom. The average molecular weight is 296 g/mol. The zero-order valence-electron chi connectivity index (χ0n) is 8.41. The maximum Gasteiger partial charge on any atom is 0.255 e. The summed E-state index contributed by atoms with van der Waals surface area (Å²) in [4.78, 5) is 5.22. The van der Waals surface area contributed by atoms with Crippen LogP contribution in [0.5, 0.6) is 0 Å².